The molecular weight excluding hydrogens is 534 g/mol. The normalized spacial score (nSPS) is 18.0. The number of aromatic nitrogens is 6. The first-order chi connectivity index (χ1) is 18.8. The number of piperidine rings is 1. The van der Waals surface area contributed by atoms with E-state index in [0.717, 1.165) is 0 Å². The molecule has 2 fully saturated rings. The molecule has 2 aliphatic heterocycles. The maximum atomic E-state index is 14.3. The molecule has 6 rings (SSSR count). The van der Waals surface area contributed by atoms with Gasteiger partial charge < -0.3 is 14.4 Å². The number of sulfonamides is 1. The molecule has 4 aromatic rings. The van der Waals surface area contributed by atoms with E-state index in [1.165, 1.54) is 22.2 Å². The molecule has 0 aliphatic carbocycles. The number of halogens is 2. The van der Waals surface area contributed by atoms with Crippen molar-refractivity contribution in [2.75, 3.05) is 57.7 Å². The molecule has 39 heavy (non-hydrogen) atoms. The molecule has 0 N–H and O–H groups in total. The third kappa shape index (κ3) is 4.57. The molecule has 2 aliphatic rings. The topological polar surface area (TPSA) is 120 Å². The Labute approximate surface area is 223 Å². The first-order valence-electron chi connectivity index (χ1n) is 12.6. The molecule has 0 atom stereocenters. The Morgan fingerprint density at radius 2 is 1.82 bits per heavy atom. The van der Waals surface area contributed by atoms with Crippen molar-refractivity contribution in [1.29, 1.82) is 0 Å². The van der Waals surface area contributed by atoms with Crippen LogP contribution in [0.1, 0.15) is 31.1 Å². The van der Waals surface area contributed by atoms with E-state index >= 15 is 0 Å². The van der Waals surface area contributed by atoms with Gasteiger partial charge in [-0.1, -0.05) is 6.07 Å². The molecule has 0 spiro atoms. The van der Waals surface area contributed by atoms with Crippen LogP contribution in [0.4, 0.5) is 14.6 Å². The molecule has 3 aromatic heterocycles. The van der Waals surface area contributed by atoms with E-state index in [2.05, 4.69) is 10.1 Å². The summed E-state index contributed by atoms with van der Waals surface area (Å²) < 4.78 is 68.1. The monoisotopic (exact) mass is 562 g/mol. The minimum Gasteiger partial charge on any atom is -0.494 e. The maximum absolute atomic E-state index is 14.3. The van der Waals surface area contributed by atoms with Crippen LogP contribution in [0.2, 0.25) is 0 Å². The second-order valence-electron chi connectivity index (χ2n) is 9.60. The van der Waals surface area contributed by atoms with Crippen molar-refractivity contribution in [2.24, 2.45) is 0 Å². The highest BCUT2D eigenvalue weighted by Gasteiger charge is 2.30. The van der Waals surface area contributed by atoms with Gasteiger partial charge in [-0.25, -0.2) is 31.2 Å². The highest BCUT2D eigenvalue weighted by Crippen LogP contribution is 2.35. The van der Waals surface area contributed by atoms with Gasteiger partial charge in [-0.15, -0.1) is 0 Å². The smallest absolute Gasteiger partial charge is 0.296 e. The fourth-order valence-electron chi connectivity index (χ4n) is 5.31. The zero-order chi connectivity index (χ0) is 27.3. The summed E-state index contributed by atoms with van der Waals surface area (Å²) in [6.07, 6.45) is 1.09. The predicted octanol–water partition coefficient (Wildman–Crippen LogP) is 2.54. The van der Waals surface area contributed by atoms with Gasteiger partial charge in [-0.2, -0.15) is 15.1 Å². The maximum Gasteiger partial charge on any atom is 0.296 e. The Bertz CT molecular complexity index is 1630. The van der Waals surface area contributed by atoms with Crippen molar-refractivity contribution in [3.8, 4) is 11.7 Å². The second kappa shape index (κ2) is 9.95. The standard InChI is InChI=1S/C24H28F2N8O4S/c1-37-18-5-3-4-17-19(18)28-23(20(25)26)33(17)24-29-21(31-10-12-38-13-11-31)16-14-27-34(22(16)30-24)15-6-8-32(9-7-15)39(2,35)36/h3-5,14-15,20H,6-13H2,1-2H3. The zero-order valence-electron chi connectivity index (χ0n) is 21.5. The first kappa shape index (κ1) is 25.8. The number of nitrogens with zero attached hydrogens (tertiary/aromatic N) is 8. The van der Waals surface area contributed by atoms with E-state index in [9.17, 15) is 17.2 Å². The van der Waals surface area contributed by atoms with Gasteiger partial charge in [0.05, 0.1) is 49.7 Å². The van der Waals surface area contributed by atoms with Gasteiger partial charge in [0.15, 0.2) is 11.5 Å². The fraction of sp³-hybridized carbons (Fsp3) is 0.500. The van der Waals surface area contributed by atoms with Gasteiger partial charge >= 0.3 is 0 Å². The van der Waals surface area contributed by atoms with E-state index < -0.39 is 22.3 Å². The van der Waals surface area contributed by atoms with Gasteiger partial charge in [-0.05, 0) is 25.0 Å². The molecular formula is C24H28F2N8O4S. The number of ether oxygens (including phenoxy) is 2. The van der Waals surface area contributed by atoms with Crippen molar-refractivity contribution in [1.82, 2.24) is 33.6 Å². The van der Waals surface area contributed by atoms with E-state index in [-0.39, 0.29) is 17.5 Å². The average molecular weight is 563 g/mol. The number of benzene rings is 1. The lowest BCUT2D eigenvalue weighted by Crippen LogP contribution is -2.38. The lowest BCUT2D eigenvalue weighted by molar-refractivity contribution is 0.122. The van der Waals surface area contributed by atoms with Crippen LogP contribution in [-0.4, -0.2) is 94.8 Å². The number of hydrogen-bond donors (Lipinski definition) is 0. The van der Waals surface area contributed by atoms with Crippen molar-refractivity contribution >= 4 is 37.9 Å². The number of fused-ring (bicyclic) bond motifs is 2. The summed E-state index contributed by atoms with van der Waals surface area (Å²) in [5, 5.41) is 5.31. The van der Waals surface area contributed by atoms with Gasteiger partial charge in [0, 0.05) is 26.2 Å². The Balaban J connectivity index is 1.53. The number of morpholine rings is 1. The minimum atomic E-state index is -3.29. The lowest BCUT2D eigenvalue weighted by atomic mass is 10.1. The van der Waals surface area contributed by atoms with E-state index in [1.54, 1.807) is 29.1 Å². The van der Waals surface area contributed by atoms with Crippen LogP contribution in [0.3, 0.4) is 0 Å². The van der Waals surface area contributed by atoms with Gasteiger partial charge in [-0.3, -0.25) is 4.57 Å². The highest BCUT2D eigenvalue weighted by atomic mass is 32.2. The van der Waals surface area contributed by atoms with Crippen molar-refractivity contribution in [3.63, 3.8) is 0 Å². The Morgan fingerprint density at radius 3 is 2.49 bits per heavy atom. The summed E-state index contributed by atoms with van der Waals surface area (Å²) in [4.78, 5) is 15.8. The highest BCUT2D eigenvalue weighted by molar-refractivity contribution is 7.88. The molecule has 5 heterocycles. The van der Waals surface area contributed by atoms with Crippen LogP contribution in [0.15, 0.2) is 24.4 Å². The van der Waals surface area contributed by atoms with Crippen LogP contribution in [-0.2, 0) is 14.8 Å². The molecule has 15 heteroatoms. The molecule has 208 valence electrons. The number of para-hydroxylation sites is 1. The Kier molecular flexibility index (Phi) is 6.59. The molecule has 0 unspecified atom stereocenters. The fourth-order valence-corrected chi connectivity index (χ4v) is 6.19. The lowest BCUT2D eigenvalue weighted by Gasteiger charge is -2.31. The van der Waals surface area contributed by atoms with Crippen molar-refractivity contribution < 1.29 is 26.7 Å². The number of anilines is 1. The van der Waals surface area contributed by atoms with E-state index in [4.69, 9.17) is 19.4 Å². The largest absolute Gasteiger partial charge is 0.494 e. The summed E-state index contributed by atoms with van der Waals surface area (Å²) in [5.41, 5.74) is 1.17. The number of imidazole rings is 1. The Hall–Kier alpha value is -3.43. The van der Waals surface area contributed by atoms with E-state index in [0.29, 0.717) is 80.4 Å². The van der Waals surface area contributed by atoms with Gasteiger partial charge in [0.1, 0.15) is 17.1 Å². The summed E-state index contributed by atoms with van der Waals surface area (Å²) in [6.45, 7) is 2.88. The quantitative estimate of drug-likeness (QED) is 0.349. The van der Waals surface area contributed by atoms with E-state index in [1.807, 2.05) is 4.90 Å². The molecule has 0 amide bonds. The molecule has 0 saturated carbocycles. The molecule has 0 bridgehead atoms. The molecule has 1 aromatic carbocycles. The van der Waals surface area contributed by atoms with Crippen LogP contribution in [0.25, 0.3) is 28.0 Å². The summed E-state index contributed by atoms with van der Waals surface area (Å²) in [6, 6.07) is 4.93. The van der Waals surface area contributed by atoms with Crippen LogP contribution < -0.4 is 9.64 Å². The third-order valence-electron chi connectivity index (χ3n) is 7.26. The van der Waals surface area contributed by atoms with Crippen LogP contribution in [0.5, 0.6) is 5.75 Å². The molecule has 2 saturated heterocycles. The van der Waals surface area contributed by atoms with Crippen LogP contribution in [0, 0.1) is 0 Å². The zero-order valence-corrected chi connectivity index (χ0v) is 22.3. The summed E-state index contributed by atoms with van der Waals surface area (Å²) in [7, 11) is -1.83. The van der Waals surface area contributed by atoms with Gasteiger partial charge in [0.25, 0.3) is 6.43 Å². The first-order valence-corrected chi connectivity index (χ1v) is 14.5. The second-order valence-corrected chi connectivity index (χ2v) is 11.6. The SMILES string of the molecule is COc1cccc2c1nc(C(F)F)n2-c1nc(N2CCOCC2)c2cnn(C3CCN(S(C)(=O)=O)CC3)c2n1. The summed E-state index contributed by atoms with van der Waals surface area (Å²) in [5.74, 6) is 0.494. The summed E-state index contributed by atoms with van der Waals surface area (Å²) >= 11 is 0. The Morgan fingerprint density at radius 1 is 1.08 bits per heavy atom. The number of methoxy groups -OCH3 is 1. The number of hydrogen-bond acceptors (Lipinski definition) is 9. The number of alkyl halides is 2. The molecule has 0 radical (unpaired) electrons. The van der Waals surface area contributed by atoms with Gasteiger partial charge in [0.2, 0.25) is 16.0 Å². The molecule has 12 nitrogen and oxygen atoms in total. The predicted molar refractivity (Wildman–Crippen MR) is 139 cm³/mol. The van der Waals surface area contributed by atoms with Crippen molar-refractivity contribution in [3.05, 3.63) is 30.2 Å². The van der Waals surface area contributed by atoms with Crippen molar-refractivity contribution in [2.45, 2.75) is 25.3 Å². The van der Waals surface area contributed by atoms with Crippen LogP contribution >= 0.6 is 0 Å². The third-order valence-corrected chi connectivity index (χ3v) is 8.56. The average Bonchev–Trinajstić information content (AvgIpc) is 3.54. The number of rotatable bonds is 6. The minimum absolute atomic E-state index is 0.0466.